The fraction of sp³-hybridized carbons (Fsp3) is 0.360. The van der Waals surface area contributed by atoms with Crippen molar-refractivity contribution in [1.29, 1.82) is 0 Å². The topological polar surface area (TPSA) is 0 Å². The van der Waals surface area contributed by atoms with Crippen LogP contribution in [0.25, 0.3) is 0 Å². The molecule has 1 aliphatic carbocycles. The highest BCUT2D eigenvalue weighted by Crippen LogP contribution is 2.45. The van der Waals surface area contributed by atoms with Crippen LogP contribution in [0.2, 0.25) is 5.54 Å². The minimum atomic E-state index is -2.09. The molecule has 0 saturated heterocycles. The van der Waals surface area contributed by atoms with Gasteiger partial charge in [-0.05, 0) is 48.2 Å². The summed E-state index contributed by atoms with van der Waals surface area (Å²) < 4.78 is 0. The van der Waals surface area contributed by atoms with Gasteiger partial charge >= 0.3 is 0 Å². The number of hydrogen-bond donors (Lipinski definition) is 0. The maximum Gasteiger partial charge on any atom is 0.147 e. The summed E-state index contributed by atoms with van der Waals surface area (Å²) in [7, 11) is -2.09. The standard InChI is InChI=1S/C25H32Si/c1-7-18(2)26(23-14-10-8-11-15-23,24-16-12-9-13-17-24)25-21(5)19(3)20(4)22(25)6/h8-18,21H,7H2,1-6H3. The number of hydrogen-bond acceptors (Lipinski definition) is 0. The zero-order valence-corrected chi connectivity index (χ0v) is 18.1. The smallest absolute Gasteiger partial charge is 0.0654 e. The van der Waals surface area contributed by atoms with E-state index < -0.39 is 8.07 Å². The summed E-state index contributed by atoms with van der Waals surface area (Å²) in [5.41, 5.74) is 5.28. The fourth-order valence-corrected chi connectivity index (χ4v) is 11.4. The highest BCUT2D eigenvalue weighted by Gasteiger charge is 2.49. The van der Waals surface area contributed by atoms with Crippen LogP contribution in [-0.2, 0) is 0 Å². The van der Waals surface area contributed by atoms with Crippen LogP contribution in [0.5, 0.6) is 0 Å². The normalized spacial score (nSPS) is 19.2. The Kier molecular flexibility index (Phi) is 5.38. The van der Waals surface area contributed by atoms with Crippen molar-refractivity contribution in [3.63, 3.8) is 0 Å². The van der Waals surface area contributed by atoms with E-state index in [9.17, 15) is 0 Å². The second-order valence-electron chi connectivity index (χ2n) is 7.92. The van der Waals surface area contributed by atoms with Crippen LogP contribution >= 0.6 is 0 Å². The first-order valence-corrected chi connectivity index (χ1v) is 12.0. The van der Waals surface area contributed by atoms with Crippen LogP contribution < -0.4 is 10.4 Å². The van der Waals surface area contributed by atoms with Gasteiger partial charge in [0.05, 0.1) is 0 Å². The minimum Gasteiger partial charge on any atom is -0.0654 e. The second kappa shape index (κ2) is 7.40. The van der Waals surface area contributed by atoms with E-state index in [1.807, 2.05) is 0 Å². The third-order valence-electron chi connectivity index (χ3n) is 6.88. The van der Waals surface area contributed by atoms with Crippen molar-refractivity contribution in [1.82, 2.24) is 0 Å². The van der Waals surface area contributed by atoms with Gasteiger partial charge in [0, 0.05) is 0 Å². The molecular weight excluding hydrogens is 328 g/mol. The molecule has 2 atom stereocenters. The molecule has 0 aromatic heterocycles. The Morgan fingerprint density at radius 2 is 1.27 bits per heavy atom. The Balaban J connectivity index is 2.41. The first-order chi connectivity index (χ1) is 12.5. The zero-order chi connectivity index (χ0) is 18.9. The van der Waals surface area contributed by atoms with E-state index in [1.54, 1.807) is 26.7 Å². The van der Waals surface area contributed by atoms with Gasteiger partial charge in [0.15, 0.2) is 0 Å². The predicted octanol–water partition coefficient (Wildman–Crippen LogP) is 5.89. The van der Waals surface area contributed by atoms with Crippen molar-refractivity contribution >= 4 is 18.4 Å². The molecule has 3 rings (SSSR count). The van der Waals surface area contributed by atoms with Crippen LogP contribution in [0.15, 0.2) is 82.6 Å². The lowest BCUT2D eigenvalue weighted by atomic mass is 10.1. The number of benzene rings is 2. The summed E-state index contributed by atoms with van der Waals surface area (Å²) in [5, 5.41) is 4.85. The van der Waals surface area contributed by atoms with E-state index in [4.69, 9.17) is 0 Å². The van der Waals surface area contributed by atoms with Gasteiger partial charge in [0.2, 0.25) is 0 Å². The molecule has 0 fully saturated rings. The molecule has 0 heterocycles. The van der Waals surface area contributed by atoms with Gasteiger partial charge in [0.25, 0.3) is 0 Å². The largest absolute Gasteiger partial charge is 0.147 e. The summed E-state index contributed by atoms with van der Waals surface area (Å²) >= 11 is 0. The summed E-state index contributed by atoms with van der Waals surface area (Å²) in [6.07, 6.45) is 1.21. The van der Waals surface area contributed by atoms with Crippen LogP contribution in [0.4, 0.5) is 0 Å². The molecule has 0 bridgehead atoms. The molecule has 0 aliphatic heterocycles. The van der Waals surface area contributed by atoms with Gasteiger partial charge < -0.3 is 0 Å². The van der Waals surface area contributed by atoms with Crippen molar-refractivity contribution in [3.8, 4) is 0 Å². The van der Waals surface area contributed by atoms with E-state index >= 15 is 0 Å². The SMILES string of the molecule is CCC(C)[Si](C1=C(C)C(C)=C(C)C1C)(c1ccccc1)c1ccccc1. The molecule has 136 valence electrons. The van der Waals surface area contributed by atoms with Gasteiger partial charge in [0.1, 0.15) is 8.07 Å². The van der Waals surface area contributed by atoms with E-state index in [1.165, 1.54) is 12.0 Å². The van der Waals surface area contributed by atoms with Gasteiger partial charge in [-0.1, -0.05) is 104 Å². The van der Waals surface area contributed by atoms with E-state index in [-0.39, 0.29) is 0 Å². The molecule has 2 aromatic rings. The average molecular weight is 361 g/mol. The molecule has 0 N–H and O–H groups in total. The lowest BCUT2D eigenvalue weighted by Gasteiger charge is -2.42. The second-order valence-corrected chi connectivity index (χ2v) is 12.2. The number of allylic oxidation sites excluding steroid dienone is 4. The maximum atomic E-state index is 2.49. The van der Waals surface area contributed by atoms with Crippen molar-refractivity contribution in [2.75, 3.05) is 0 Å². The third kappa shape index (κ3) is 2.73. The molecule has 0 nitrogen and oxygen atoms in total. The van der Waals surface area contributed by atoms with Crippen molar-refractivity contribution < 1.29 is 0 Å². The van der Waals surface area contributed by atoms with Crippen LogP contribution in [0.3, 0.4) is 0 Å². The highest BCUT2D eigenvalue weighted by atomic mass is 28.3. The first-order valence-electron chi connectivity index (χ1n) is 9.96. The van der Waals surface area contributed by atoms with Gasteiger partial charge in [-0.2, -0.15) is 0 Å². The fourth-order valence-electron chi connectivity index (χ4n) is 5.02. The summed E-state index contributed by atoms with van der Waals surface area (Å²) in [5.74, 6) is 0.538. The van der Waals surface area contributed by atoms with Gasteiger partial charge in [-0.15, -0.1) is 0 Å². The molecule has 0 amide bonds. The van der Waals surface area contributed by atoms with Crippen LogP contribution in [0, 0.1) is 5.92 Å². The average Bonchev–Trinajstić information content (AvgIpc) is 2.88. The minimum absolute atomic E-state index is 0.538. The molecule has 1 heteroatoms. The summed E-state index contributed by atoms with van der Waals surface area (Å²) in [6, 6.07) is 22.8. The monoisotopic (exact) mass is 360 g/mol. The molecule has 2 aromatic carbocycles. The number of rotatable bonds is 5. The summed E-state index contributed by atoms with van der Waals surface area (Å²) in [6.45, 7) is 14.3. The lowest BCUT2D eigenvalue weighted by molar-refractivity contribution is 0.810. The molecule has 0 spiro atoms. The first kappa shape index (κ1) is 18.9. The van der Waals surface area contributed by atoms with Gasteiger partial charge in [-0.3, -0.25) is 0 Å². The van der Waals surface area contributed by atoms with Gasteiger partial charge in [-0.25, -0.2) is 0 Å². The van der Waals surface area contributed by atoms with Crippen molar-refractivity contribution in [3.05, 3.63) is 82.6 Å². The van der Waals surface area contributed by atoms with Crippen molar-refractivity contribution in [2.24, 2.45) is 5.92 Å². The molecule has 2 unspecified atom stereocenters. The van der Waals surface area contributed by atoms with Crippen LogP contribution in [-0.4, -0.2) is 8.07 Å². The van der Waals surface area contributed by atoms with Crippen LogP contribution in [0.1, 0.15) is 48.0 Å². The van der Waals surface area contributed by atoms with E-state index in [0.29, 0.717) is 11.5 Å². The Morgan fingerprint density at radius 3 is 1.62 bits per heavy atom. The van der Waals surface area contributed by atoms with E-state index in [2.05, 4.69) is 102 Å². The molecule has 26 heavy (non-hydrogen) atoms. The lowest BCUT2D eigenvalue weighted by Crippen LogP contribution is -2.63. The Morgan fingerprint density at radius 1 is 0.808 bits per heavy atom. The molecular formula is C25H32Si. The Hall–Kier alpha value is -1.86. The molecule has 0 radical (unpaired) electrons. The maximum absolute atomic E-state index is 2.49. The quantitative estimate of drug-likeness (QED) is 0.583. The predicted molar refractivity (Wildman–Crippen MR) is 118 cm³/mol. The van der Waals surface area contributed by atoms with Crippen molar-refractivity contribution in [2.45, 2.75) is 53.5 Å². The highest BCUT2D eigenvalue weighted by molar-refractivity contribution is 7.08. The molecule has 1 aliphatic rings. The van der Waals surface area contributed by atoms with E-state index in [0.717, 1.165) is 0 Å². The summed E-state index contributed by atoms with van der Waals surface area (Å²) in [4.78, 5) is 0. The third-order valence-corrected chi connectivity index (χ3v) is 12.9. The Labute approximate surface area is 160 Å². The molecule has 0 saturated carbocycles. The Bertz CT molecular complexity index is 787. The zero-order valence-electron chi connectivity index (χ0n) is 17.1.